The first-order valence-electron chi connectivity index (χ1n) is 5.17. The van der Waals surface area contributed by atoms with Crippen LogP contribution in [0.15, 0.2) is 12.4 Å². The van der Waals surface area contributed by atoms with Gasteiger partial charge in [0.25, 0.3) is 0 Å². The summed E-state index contributed by atoms with van der Waals surface area (Å²) in [6, 6.07) is 0.269. The van der Waals surface area contributed by atoms with Gasteiger partial charge in [0.1, 0.15) is 5.01 Å². The second kappa shape index (κ2) is 3.50. The molecule has 2 aromatic rings. The molecule has 1 fully saturated rings. The highest BCUT2D eigenvalue weighted by Crippen LogP contribution is 2.36. The predicted molar refractivity (Wildman–Crippen MR) is 59.8 cm³/mol. The molecule has 2 unspecified atom stereocenters. The van der Waals surface area contributed by atoms with Crippen LogP contribution in [0.1, 0.15) is 30.2 Å². The Kier molecular flexibility index (Phi) is 2.14. The van der Waals surface area contributed by atoms with E-state index in [1.54, 1.807) is 23.7 Å². The quantitative estimate of drug-likeness (QED) is 0.794. The predicted octanol–water partition coefficient (Wildman–Crippen LogP) is 1.68. The van der Waals surface area contributed by atoms with Crippen molar-refractivity contribution in [3.63, 3.8) is 0 Å². The van der Waals surface area contributed by atoms with E-state index in [2.05, 4.69) is 15.0 Å². The smallest absolute Gasteiger partial charge is 0.189 e. The molecule has 0 amide bonds. The molecule has 78 valence electrons. The molecule has 1 saturated carbocycles. The molecule has 0 spiro atoms. The van der Waals surface area contributed by atoms with Gasteiger partial charge in [-0.1, -0.05) is 17.8 Å². The van der Waals surface area contributed by atoms with E-state index in [9.17, 15) is 0 Å². The van der Waals surface area contributed by atoms with Crippen LogP contribution in [0, 0.1) is 0 Å². The summed E-state index contributed by atoms with van der Waals surface area (Å²) in [5, 5.41) is 1.11. The molecule has 1 aliphatic rings. The molecular weight excluding hydrogens is 208 g/mol. The first kappa shape index (κ1) is 9.18. The van der Waals surface area contributed by atoms with Crippen molar-refractivity contribution < 1.29 is 0 Å². The van der Waals surface area contributed by atoms with Crippen molar-refractivity contribution >= 4 is 21.8 Å². The molecule has 2 heterocycles. The van der Waals surface area contributed by atoms with Crippen LogP contribution in [0.3, 0.4) is 0 Å². The van der Waals surface area contributed by atoms with E-state index in [-0.39, 0.29) is 6.04 Å². The number of thiazole rings is 1. The van der Waals surface area contributed by atoms with Crippen molar-refractivity contribution in [2.45, 2.75) is 31.2 Å². The normalized spacial score (nSPS) is 26.2. The summed E-state index contributed by atoms with van der Waals surface area (Å²) in [4.78, 5) is 13.9. The largest absolute Gasteiger partial charge is 0.327 e. The van der Waals surface area contributed by atoms with Gasteiger partial charge < -0.3 is 5.73 Å². The zero-order chi connectivity index (χ0) is 10.3. The number of nitrogens with zero attached hydrogens (tertiary/aromatic N) is 3. The Morgan fingerprint density at radius 1 is 1.27 bits per heavy atom. The summed E-state index contributed by atoms with van der Waals surface area (Å²) >= 11 is 1.63. The molecule has 3 rings (SSSR count). The zero-order valence-electron chi connectivity index (χ0n) is 8.26. The Labute approximate surface area is 91.6 Å². The van der Waals surface area contributed by atoms with E-state index in [1.807, 2.05) is 0 Å². The molecule has 1 aliphatic carbocycles. The average molecular weight is 220 g/mol. The lowest BCUT2D eigenvalue weighted by Crippen LogP contribution is -2.22. The van der Waals surface area contributed by atoms with Gasteiger partial charge in [0.2, 0.25) is 0 Å². The Bertz CT molecular complexity index is 448. The minimum absolute atomic E-state index is 0.269. The topological polar surface area (TPSA) is 64.7 Å². The lowest BCUT2D eigenvalue weighted by atomic mass is 10.1. The van der Waals surface area contributed by atoms with E-state index in [1.165, 1.54) is 6.42 Å². The van der Waals surface area contributed by atoms with Gasteiger partial charge in [-0.2, -0.15) is 0 Å². The minimum atomic E-state index is 0.269. The maximum Gasteiger partial charge on any atom is 0.189 e. The number of fused-ring (bicyclic) bond motifs is 1. The fourth-order valence-electron chi connectivity index (χ4n) is 2.15. The van der Waals surface area contributed by atoms with Crippen molar-refractivity contribution in [3.05, 3.63) is 17.4 Å². The second-order valence-corrected chi connectivity index (χ2v) is 4.95. The highest BCUT2D eigenvalue weighted by Gasteiger charge is 2.28. The number of aromatic nitrogens is 3. The van der Waals surface area contributed by atoms with Gasteiger partial charge >= 0.3 is 0 Å². The summed E-state index contributed by atoms with van der Waals surface area (Å²) < 4.78 is 0. The third-order valence-electron chi connectivity index (χ3n) is 2.95. The van der Waals surface area contributed by atoms with Crippen LogP contribution in [-0.2, 0) is 0 Å². The van der Waals surface area contributed by atoms with Gasteiger partial charge in [-0.15, -0.1) is 0 Å². The van der Waals surface area contributed by atoms with Gasteiger partial charge in [-0.25, -0.2) is 15.0 Å². The molecule has 5 heteroatoms. The molecule has 15 heavy (non-hydrogen) atoms. The Morgan fingerprint density at radius 3 is 2.87 bits per heavy atom. The van der Waals surface area contributed by atoms with Crippen LogP contribution < -0.4 is 5.73 Å². The minimum Gasteiger partial charge on any atom is -0.327 e. The molecule has 0 aliphatic heterocycles. The van der Waals surface area contributed by atoms with E-state index in [4.69, 9.17) is 5.73 Å². The lowest BCUT2D eigenvalue weighted by molar-refractivity contribution is 0.610. The number of hydrogen-bond donors (Lipinski definition) is 1. The van der Waals surface area contributed by atoms with E-state index < -0.39 is 0 Å². The van der Waals surface area contributed by atoms with Gasteiger partial charge in [0.15, 0.2) is 10.5 Å². The summed E-state index contributed by atoms with van der Waals surface area (Å²) in [6.45, 7) is 0. The molecule has 0 saturated heterocycles. The van der Waals surface area contributed by atoms with Crippen LogP contribution in [-0.4, -0.2) is 21.0 Å². The first-order chi connectivity index (χ1) is 7.34. The molecule has 0 bridgehead atoms. The van der Waals surface area contributed by atoms with Gasteiger partial charge in [-0.3, -0.25) is 0 Å². The summed E-state index contributed by atoms with van der Waals surface area (Å²) in [5.74, 6) is 0.422. The van der Waals surface area contributed by atoms with Crippen LogP contribution >= 0.6 is 11.3 Å². The monoisotopic (exact) mass is 220 g/mol. The number of rotatable bonds is 1. The summed E-state index contributed by atoms with van der Waals surface area (Å²) in [5.41, 5.74) is 6.82. The number of nitrogens with two attached hydrogens (primary N) is 1. The van der Waals surface area contributed by atoms with Gasteiger partial charge in [0.05, 0.1) is 0 Å². The van der Waals surface area contributed by atoms with Crippen molar-refractivity contribution in [2.24, 2.45) is 5.73 Å². The third-order valence-corrected chi connectivity index (χ3v) is 4.04. The fourth-order valence-corrected chi connectivity index (χ4v) is 3.22. The number of hydrogen-bond acceptors (Lipinski definition) is 5. The van der Waals surface area contributed by atoms with Crippen LogP contribution in [0.2, 0.25) is 0 Å². The molecule has 2 aromatic heterocycles. The standard InChI is InChI=1S/C10H12N4S/c11-7-3-1-2-6(7)9-14-8-10(15-9)13-5-4-12-8/h4-7H,1-3,11H2. The molecule has 4 nitrogen and oxygen atoms in total. The van der Waals surface area contributed by atoms with Crippen molar-refractivity contribution in [3.8, 4) is 0 Å². The highest BCUT2D eigenvalue weighted by atomic mass is 32.1. The Balaban J connectivity index is 2.04. The second-order valence-electron chi connectivity index (χ2n) is 3.94. The zero-order valence-corrected chi connectivity index (χ0v) is 9.07. The van der Waals surface area contributed by atoms with Crippen molar-refractivity contribution in [1.29, 1.82) is 0 Å². The fraction of sp³-hybridized carbons (Fsp3) is 0.500. The van der Waals surface area contributed by atoms with Crippen molar-refractivity contribution in [2.75, 3.05) is 0 Å². The highest BCUT2D eigenvalue weighted by molar-refractivity contribution is 7.18. The van der Waals surface area contributed by atoms with E-state index >= 15 is 0 Å². The Morgan fingerprint density at radius 2 is 2.13 bits per heavy atom. The van der Waals surface area contributed by atoms with E-state index in [0.717, 1.165) is 28.3 Å². The van der Waals surface area contributed by atoms with Crippen LogP contribution in [0.25, 0.3) is 10.5 Å². The van der Waals surface area contributed by atoms with E-state index in [0.29, 0.717) is 5.92 Å². The summed E-state index contributed by atoms with van der Waals surface area (Å²) in [6.07, 6.45) is 6.87. The summed E-state index contributed by atoms with van der Waals surface area (Å²) in [7, 11) is 0. The first-order valence-corrected chi connectivity index (χ1v) is 5.99. The molecule has 0 aromatic carbocycles. The average Bonchev–Trinajstić information content (AvgIpc) is 2.82. The maximum atomic E-state index is 6.06. The van der Waals surface area contributed by atoms with Crippen molar-refractivity contribution in [1.82, 2.24) is 15.0 Å². The van der Waals surface area contributed by atoms with Crippen LogP contribution in [0.4, 0.5) is 0 Å². The lowest BCUT2D eigenvalue weighted by Gasteiger charge is -2.10. The maximum absolute atomic E-state index is 6.06. The molecule has 2 atom stereocenters. The van der Waals surface area contributed by atoms with Gasteiger partial charge in [-0.05, 0) is 12.8 Å². The third kappa shape index (κ3) is 1.52. The van der Waals surface area contributed by atoms with Gasteiger partial charge in [0, 0.05) is 24.4 Å². The Hall–Kier alpha value is -1.07. The molecular formula is C10H12N4S. The SMILES string of the molecule is NC1CCCC1c1nc2nccnc2s1. The van der Waals surface area contributed by atoms with Crippen LogP contribution in [0.5, 0.6) is 0 Å². The molecule has 2 N–H and O–H groups in total. The molecule has 0 radical (unpaired) electrons.